The Balaban J connectivity index is 2.25. The van der Waals surface area contributed by atoms with Gasteiger partial charge in [0.15, 0.2) is 0 Å². The number of carboxylic acids is 1. The van der Waals surface area contributed by atoms with Gasteiger partial charge in [-0.2, -0.15) is 0 Å². The summed E-state index contributed by atoms with van der Waals surface area (Å²) in [6, 6.07) is 6.39. The molecule has 0 saturated carbocycles. The first kappa shape index (κ1) is 16.0. The molecule has 0 aliphatic rings. The van der Waals surface area contributed by atoms with Crippen LogP contribution in [0.1, 0.15) is 24.4 Å². The molecule has 6 nitrogen and oxygen atoms in total. The van der Waals surface area contributed by atoms with E-state index in [1.807, 2.05) is 17.7 Å². The van der Waals surface area contributed by atoms with Gasteiger partial charge in [-0.1, -0.05) is 12.1 Å². The molecule has 0 aliphatic carbocycles. The van der Waals surface area contributed by atoms with E-state index in [0.29, 0.717) is 17.9 Å². The number of benzene rings is 1. The van der Waals surface area contributed by atoms with Crippen molar-refractivity contribution < 1.29 is 14.6 Å². The van der Waals surface area contributed by atoms with Gasteiger partial charge in [0.25, 0.3) is 0 Å². The quantitative estimate of drug-likeness (QED) is 0.849. The lowest BCUT2D eigenvalue weighted by atomic mass is 10.1. The summed E-state index contributed by atoms with van der Waals surface area (Å²) >= 11 is 0. The fourth-order valence-electron chi connectivity index (χ4n) is 2.49. The molecule has 0 saturated heterocycles. The van der Waals surface area contributed by atoms with Crippen molar-refractivity contribution in [1.29, 1.82) is 0 Å². The molecule has 0 radical (unpaired) electrons. The zero-order valence-corrected chi connectivity index (χ0v) is 13.1. The monoisotopic (exact) mass is 303 g/mol. The predicted octanol–water partition coefficient (Wildman–Crippen LogP) is 2.17. The van der Waals surface area contributed by atoms with E-state index < -0.39 is 12.0 Å². The van der Waals surface area contributed by atoms with Gasteiger partial charge in [0.1, 0.15) is 17.6 Å². The molecule has 2 aromatic rings. The second-order valence-corrected chi connectivity index (χ2v) is 5.06. The summed E-state index contributed by atoms with van der Waals surface area (Å²) in [5.41, 5.74) is 0.684. The fourth-order valence-corrected chi connectivity index (χ4v) is 2.49. The summed E-state index contributed by atoms with van der Waals surface area (Å²) in [5.74, 6) is 0.594. The highest BCUT2D eigenvalue weighted by molar-refractivity contribution is 5.75. The number of carboxylic acid groups (broad SMARTS) is 1. The van der Waals surface area contributed by atoms with Crippen LogP contribution < -0.4 is 4.74 Å². The highest BCUT2D eigenvalue weighted by Gasteiger charge is 2.26. The molecule has 1 atom stereocenters. The third-order valence-corrected chi connectivity index (χ3v) is 3.62. The van der Waals surface area contributed by atoms with E-state index in [-0.39, 0.29) is 0 Å². The highest BCUT2D eigenvalue weighted by Crippen LogP contribution is 2.24. The number of rotatable bonds is 7. The Kier molecular flexibility index (Phi) is 5.16. The third kappa shape index (κ3) is 3.46. The molecule has 1 aromatic heterocycles. The molecule has 6 heteroatoms. The number of hydrogen-bond acceptors (Lipinski definition) is 4. The number of methoxy groups -OCH3 is 1. The first-order valence-electron chi connectivity index (χ1n) is 7.13. The average Bonchev–Trinajstić information content (AvgIpc) is 2.94. The van der Waals surface area contributed by atoms with E-state index >= 15 is 0 Å². The number of aliphatic carboxylic acids is 1. The number of hydrogen-bond donors (Lipinski definition) is 1. The van der Waals surface area contributed by atoms with Crippen LogP contribution in [0.2, 0.25) is 0 Å². The van der Waals surface area contributed by atoms with Gasteiger partial charge in [0.2, 0.25) is 0 Å². The zero-order valence-electron chi connectivity index (χ0n) is 13.1. The normalized spacial score (nSPS) is 12.4. The Morgan fingerprint density at radius 3 is 2.91 bits per heavy atom. The van der Waals surface area contributed by atoms with Crippen molar-refractivity contribution in [1.82, 2.24) is 14.5 Å². The molecule has 0 aliphatic heterocycles. The Hall–Kier alpha value is -2.34. The van der Waals surface area contributed by atoms with Crippen molar-refractivity contribution in [3.63, 3.8) is 0 Å². The van der Waals surface area contributed by atoms with Gasteiger partial charge in [0, 0.05) is 18.9 Å². The van der Waals surface area contributed by atoms with Crippen LogP contribution >= 0.6 is 0 Å². The maximum absolute atomic E-state index is 11.7. The zero-order chi connectivity index (χ0) is 16.1. The van der Waals surface area contributed by atoms with E-state index in [1.165, 1.54) is 0 Å². The maximum atomic E-state index is 11.7. The number of ether oxygens (including phenoxy) is 1. The van der Waals surface area contributed by atoms with E-state index in [2.05, 4.69) is 4.98 Å². The topological polar surface area (TPSA) is 67.6 Å². The van der Waals surface area contributed by atoms with Crippen LogP contribution in [-0.4, -0.2) is 39.7 Å². The minimum Gasteiger partial charge on any atom is -0.497 e. The summed E-state index contributed by atoms with van der Waals surface area (Å²) < 4.78 is 7.18. The van der Waals surface area contributed by atoms with Crippen molar-refractivity contribution in [3.8, 4) is 5.75 Å². The fraction of sp³-hybridized carbons (Fsp3) is 0.375. The Labute approximate surface area is 130 Å². The van der Waals surface area contributed by atoms with Crippen LogP contribution in [0.25, 0.3) is 0 Å². The number of likely N-dealkylation sites (N-methyl/N-ethyl adjacent to an activating group) is 1. The van der Waals surface area contributed by atoms with Crippen molar-refractivity contribution in [3.05, 3.63) is 48.0 Å². The smallest absolute Gasteiger partial charge is 0.325 e. The number of carbonyl (C=O) groups is 1. The lowest BCUT2D eigenvalue weighted by Crippen LogP contribution is -2.31. The van der Waals surface area contributed by atoms with Gasteiger partial charge in [-0.15, -0.1) is 0 Å². The molecule has 0 spiro atoms. The second-order valence-electron chi connectivity index (χ2n) is 5.06. The average molecular weight is 303 g/mol. The van der Waals surface area contributed by atoms with E-state index in [4.69, 9.17) is 4.74 Å². The first-order valence-corrected chi connectivity index (χ1v) is 7.13. The minimum absolute atomic E-state index is 0.453. The second kappa shape index (κ2) is 7.09. The number of aryl methyl sites for hydroxylation is 1. The summed E-state index contributed by atoms with van der Waals surface area (Å²) in [5, 5.41) is 9.61. The molecule has 2 rings (SSSR count). The minimum atomic E-state index is -0.898. The Morgan fingerprint density at radius 2 is 2.27 bits per heavy atom. The van der Waals surface area contributed by atoms with Crippen LogP contribution in [0.3, 0.4) is 0 Å². The summed E-state index contributed by atoms with van der Waals surface area (Å²) in [6.07, 6.45) is 3.62. The standard InChI is InChI=1S/C16H21N3O3/c1-4-19-9-8-17-14(19)11-18(2)15(16(20)21)12-6-5-7-13(10-12)22-3/h5-10,15H,4,11H2,1-3H3,(H,20,21)/t15-/m0/s1. The number of imidazole rings is 1. The molecule has 22 heavy (non-hydrogen) atoms. The van der Waals surface area contributed by atoms with E-state index in [0.717, 1.165) is 12.4 Å². The number of nitrogens with zero attached hydrogens (tertiary/aromatic N) is 3. The van der Waals surface area contributed by atoms with E-state index in [9.17, 15) is 9.90 Å². The largest absolute Gasteiger partial charge is 0.497 e. The van der Waals surface area contributed by atoms with Crippen molar-refractivity contribution >= 4 is 5.97 Å². The summed E-state index contributed by atoms with van der Waals surface area (Å²) in [7, 11) is 3.35. The van der Waals surface area contributed by atoms with Crippen LogP contribution in [0.4, 0.5) is 0 Å². The number of aromatic nitrogens is 2. The first-order chi connectivity index (χ1) is 10.6. The van der Waals surface area contributed by atoms with Gasteiger partial charge in [-0.25, -0.2) is 4.98 Å². The lowest BCUT2D eigenvalue weighted by molar-refractivity contribution is -0.143. The Morgan fingerprint density at radius 1 is 1.50 bits per heavy atom. The molecule has 118 valence electrons. The van der Waals surface area contributed by atoms with Crippen molar-refractivity contribution in [2.45, 2.75) is 26.1 Å². The van der Waals surface area contributed by atoms with Gasteiger partial charge in [0.05, 0.1) is 13.7 Å². The third-order valence-electron chi connectivity index (χ3n) is 3.62. The van der Waals surface area contributed by atoms with Crippen molar-refractivity contribution in [2.24, 2.45) is 0 Å². The maximum Gasteiger partial charge on any atom is 0.325 e. The molecule has 1 heterocycles. The molecule has 0 amide bonds. The Bertz CT molecular complexity index is 639. The molecule has 1 N–H and O–H groups in total. The van der Waals surface area contributed by atoms with E-state index in [1.54, 1.807) is 49.5 Å². The molecular formula is C16H21N3O3. The summed E-state index contributed by atoms with van der Waals surface area (Å²) in [6.45, 7) is 3.29. The van der Waals surface area contributed by atoms with Crippen LogP contribution in [-0.2, 0) is 17.9 Å². The van der Waals surface area contributed by atoms with Crippen LogP contribution in [0, 0.1) is 0 Å². The molecular weight excluding hydrogens is 282 g/mol. The lowest BCUT2D eigenvalue weighted by Gasteiger charge is -2.25. The van der Waals surface area contributed by atoms with Crippen molar-refractivity contribution in [2.75, 3.05) is 14.2 Å². The highest BCUT2D eigenvalue weighted by atomic mass is 16.5. The summed E-state index contributed by atoms with van der Waals surface area (Å²) in [4.78, 5) is 17.8. The van der Waals surface area contributed by atoms with Gasteiger partial charge < -0.3 is 14.4 Å². The van der Waals surface area contributed by atoms with Crippen LogP contribution in [0.5, 0.6) is 5.75 Å². The molecule has 0 unspecified atom stereocenters. The molecule has 1 aromatic carbocycles. The van der Waals surface area contributed by atoms with Gasteiger partial charge in [-0.3, -0.25) is 9.69 Å². The van der Waals surface area contributed by atoms with Gasteiger partial charge >= 0.3 is 5.97 Å². The SMILES string of the molecule is CCn1ccnc1CN(C)[C@H](C(=O)O)c1cccc(OC)c1. The predicted molar refractivity (Wildman–Crippen MR) is 82.7 cm³/mol. The van der Waals surface area contributed by atoms with Gasteiger partial charge in [-0.05, 0) is 31.7 Å². The van der Waals surface area contributed by atoms with Crippen LogP contribution in [0.15, 0.2) is 36.7 Å². The molecule has 0 fully saturated rings. The molecule has 0 bridgehead atoms.